The summed E-state index contributed by atoms with van der Waals surface area (Å²) in [5.41, 5.74) is 7.27. The van der Waals surface area contributed by atoms with Crippen LogP contribution >= 0.6 is 11.3 Å². The van der Waals surface area contributed by atoms with Crippen molar-refractivity contribution in [2.75, 3.05) is 0 Å². The van der Waals surface area contributed by atoms with Gasteiger partial charge in [-0.3, -0.25) is 4.79 Å². The molecule has 1 unspecified atom stereocenters. The van der Waals surface area contributed by atoms with Gasteiger partial charge in [-0.25, -0.2) is 0 Å². The van der Waals surface area contributed by atoms with Gasteiger partial charge in [-0.15, -0.1) is 11.3 Å². The first-order valence-corrected chi connectivity index (χ1v) is 7.03. The lowest BCUT2D eigenvalue weighted by molar-refractivity contribution is -0.123. The number of fused-ring (bicyclic) bond motifs is 1. The molecule has 1 atom stereocenters. The minimum Gasteiger partial charge on any atom is -0.350 e. The summed E-state index contributed by atoms with van der Waals surface area (Å²) in [5, 5.41) is 2.92. The van der Waals surface area contributed by atoms with E-state index in [4.69, 9.17) is 5.73 Å². The Bertz CT molecular complexity index is 390. The van der Waals surface area contributed by atoms with Crippen LogP contribution in [0.1, 0.15) is 35.6 Å². The first-order valence-electron chi connectivity index (χ1n) is 6.21. The van der Waals surface area contributed by atoms with Gasteiger partial charge in [0.15, 0.2) is 0 Å². The Morgan fingerprint density at radius 1 is 1.53 bits per heavy atom. The maximum Gasteiger partial charge on any atom is 0.237 e. The van der Waals surface area contributed by atoms with E-state index in [1.165, 1.54) is 34.6 Å². The number of amides is 1. The summed E-state index contributed by atoms with van der Waals surface area (Å²) in [6, 6.07) is 1.83. The van der Waals surface area contributed by atoms with Crippen molar-refractivity contribution in [2.45, 2.75) is 45.7 Å². The zero-order valence-electron chi connectivity index (χ0n) is 10.5. The van der Waals surface area contributed by atoms with Gasteiger partial charge < -0.3 is 11.1 Å². The molecule has 4 heteroatoms. The summed E-state index contributed by atoms with van der Waals surface area (Å²) in [6.07, 6.45) is 3.69. The highest BCUT2D eigenvalue weighted by molar-refractivity contribution is 7.12. The number of nitrogens with one attached hydrogen (secondary N) is 1. The minimum absolute atomic E-state index is 0.0476. The maximum absolute atomic E-state index is 11.7. The van der Waals surface area contributed by atoms with Gasteiger partial charge in [0, 0.05) is 9.75 Å². The van der Waals surface area contributed by atoms with Crippen molar-refractivity contribution >= 4 is 17.2 Å². The Labute approximate surface area is 106 Å². The molecule has 17 heavy (non-hydrogen) atoms. The van der Waals surface area contributed by atoms with Crippen molar-refractivity contribution in [1.29, 1.82) is 0 Å². The highest BCUT2D eigenvalue weighted by Gasteiger charge is 2.18. The van der Waals surface area contributed by atoms with Gasteiger partial charge >= 0.3 is 0 Å². The number of hydrogen-bond donors (Lipinski definition) is 2. The highest BCUT2D eigenvalue weighted by Crippen LogP contribution is 2.30. The van der Waals surface area contributed by atoms with E-state index in [0.29, 0.717) is 6.54 Å². The van der Waals surface area contributed by atoms with Crippen molar-refractivity contribution in [1.82, 2.24) is 5.32 Å². The third-order valence-electron chi connectivity index (χ3n) is 3.26. The molecule has 2 rings (SSSR count). The highest BCUT2D eigenvalue weighted by atomic mass is 32.1. The standard InChI is InChI=1S/C13H20N2OS/c1-8(2)12(14)13(16)15-7-10-6-9-4-3-5-11(9)17-10/h6,8,12H,3-5,7,14H2,1-2H3,(H,15,16). The average Bonchev–Trinajstić information content (AvgIpc) is 2.84. The van der Waals surface area contributed by atoms with Crippen LogP contribution in [0.15, 0.2) is 6.07 Å². The largest absolute Gasteiger partial charge is 0.350 e. The first-order chi connectivity index (χ1) is 8.08. The normalized spacial score (nSPS) is 16.0. The lowest BCUT2D eigenvalue weighted by Gasteiger charge is -2.14. The topological polar surface area (TPSA) is 55.1 Å². The first kappa shape index (κ1) is 12.6. The second kappa shape index (κ2) is 5.19. The number of hydrogen-bond acceptors (Lipinski definition) is 3. The van der Waals surface area contributed by atoms with Gasteiger partial charge in [-0.05, 0) is 36.8 Å². The van der Waals surface area contributed by atoms with E-state index in [2.05, 4.69) is 11.4 Å². The average molecular weight is 252 g/mol. The SMILES string of the molecule is CC(C)C(N)C(=O)NCc1cc2c(s1)CCC2. The van der Waals surface area contributed by atoms with Crippen molar-refractivity contribution in [3.8, 4) is 0 Å². The van der Waals surface area contributed by atoms with Gasteiger partial charge in [0.2, 0.25) is 5.91 Å². The molecule has 1 aliphatic rings. The second-order valence-corrected chi connectivity index (χ2v) is 6.22. The van der Waals surface area contributed by atoms with Crippen LogP contribution in [-0.2, 0) is 24.2 Å². The van der Waals surface area contributed by atoms with E-state index >= 15 is 0 Å². The van der Waals surface area contributed by atoms with E-state index < -0.39 is 6.04 Å². The summed E-state index contributed by atoms with van der Waals surface area (Å²) < 4.78 is 0. The molecule has 0 bridgehead atoms. The van der Waals surface area contributed by atoms with Crippen molar-refractivity contribution in [2.24, 2.45) is 11.7 Å². The number of carbonyl (C=O) groups excluding carboxylic acids is 1. The fourth-order valence-corrected chi connectivity index (χ4v) is 3.27. The molecule has 0 aliphatic heterocycles. The molecular formula is C13H20N2OS. The Morgan fingerprint density at radius 2 is 2.29 bits per heavy atom. The van der Waals surface area contributed by atoms with Crippen molar-refractivity contribution < 1.29 is 4.79 Å². The zero-order valence-corrected chi connectivity index (χ0v) is 11.3. The smallest absolute Gasteiger partial charge is 0.237 e. The summed E-state index contributed by atoms with van der Waals surface area (Å²) in [7, 11) is 0. The van der Waals surface area contributed by atoms with Gasteiger partial charge in [0.05, 0.1) is 12.6 Å². The van der Waals surface area contributed by atoms with Crippen LogP contribution in [0.4, 0.5) is 0 Å². The molecule has 0 aromatic carbocycles. The summed E-state index contributed by atoms with van der Waals surface area (Å²) in [4.78, 5) is 14.5. The zero-order chi connectivity index (χ0) is 12.4. The van der Waals surface area contributed by atoms with Crippen LogP contribution in [0, 0.1) is 5.92 Å². The Morgan fingerprint density at radius 3 is 2.94 bits per heavy atom. The Balaban J connectivity index is 1.87. The van der Waals surface area contributed by atoms with Crippen LogP contribution in [0.3, 0.4) is 0 Å². The van der Waals surface area contributed by atoms with Gasteiger partial charge in [0.25, 0.3) is 0 Å². The predicted octanol–water partition coefficient (Wildman–Crippen LogP) is 1.84. The third kappa shape index (κ3) is 2.87. The van der Waals surface area contributed by atoms with Crippen LogP contribution in [0.5, 0.6) is 0 Å². The maximum atomic E-state index is 11.7. The molecule has 0 radical (unpaired) electrons. The third-order valence-corrected chi connectivity index (χ3v) is 4.49. The molecule has 1 heterocycles. The Kier molecular flexibility index (Phi) is 3.84. The van der Waals surface area contributed by atoms with Gasteiger partial charge in [-0.1, -0.05) is 13.8 Å². The molecule has 0 fully saturated rings. The summed E-state index contributed by atoms with van der Waals surface area (Å²) >= 11 is 1.83. The number of thiophene rings is 1. The molecule has 0 spiro atoms. The number of rotatable bonds is 4. The van der Waals surface area contributed by atoms with Crippen LogP contribution in [-0.4, -0.2) is 11.9 Å². The quantitative estimate of drug-likeness (QED) is 0.859. The monoisotopic (exact) mass is 252 g/mol. The molecule has 0 saturated heterocycles. The van der Waals surface area contributed by atoms with Gasteiger partial charge in [0.1, 0.15) is 0 Å². The number of nitrogens with two attached hydrogens (primary N) is 1. The van der Waals surface area contributed by atoms with E-state index in [9.17, 15) is 4.79 Å². The van der Waals surface area contributed by atoms with Crippen molar-refractivity contribution in [3.05, 3.63) is 21.4 Å². The molecule has 94 valence electrons. The molecule has 3 N–H and O–H groups in total. The van der Waals surface area contributed by atoms with E-state index in [1.807, 2.05) is 25.2 Å². The summed E-state index contributed by atoms with van der Waals surface area (Å²) in [6.45, 7) is 4.55. The fourth-order valence-electron chi connectivity index (χ4n) is 2.07. The lowest BCUT2D eigenvalue weighted by Crippen LogP contribution is -2.43. The summed E-state index contributed by atoms with van der Waals surface area (Å²) in [5.74, 6) is 0.136. The van der Waals surface area contributed by atoms with E-state index in [1.54, 1.807) is 0 Å². The molecule has 0 saturated carbocycles. The van der Waals surface area contributed by atoms with Crippen LogP contribution in [0.25, 0.3) is 0 Å². The Hall–Kier alpha value is -0.870. The lowest BCUT2D eigenvalue weighted by atomic mass is 10.1. The predicted molar refractivity (Wildman–Crippen MR) is 71.0 cm³/mol. The van der Waals surface area contributed by atoms with E-state index in [-0.39, 0.29) is 11.8 Å². The molecule has 1 aromatic heterocycles. The number of carbonyl (C=O) groups is 1. The molecule has 1 amide bonds. The minimum atomic E-state index is -0.401. The van der Waals surface area contributed by atoms with Crippen LogP contribution in [0.2, 0.25) is 0 Å². The van der Waals surface area contributed by atoms with Crippen molar-refractivity contribution in [3.63, 3.8) is 0 Å². The second-order valence-electron chi connectivity index (χ2n) is 5.00. The number of aryl methyl sites for hydroxylation is 2. The van der Waals surface area contributed by atoms with E-state index in [0.717, 1.165) is 0 Å². The fraction of sp³-hybridized carbons (Fsp3) is 0.615. The van der Waals surface area contributed by atoms with Crippen LogP contribution < -0.4 is 11.1 Å². The molecule has 1 aliphatic carbocycles. The molecule has 1 aromatic rings. The van der Waals surface area contributed by atoms with Gasteiger partial charge in [-0.2, -0.15) is 0 Å². The molecular weight excluding hydrogens is 232 g/mol. The molecule has 3 nitrogen and oxygen atoms in total.